The van der Waals surface area contributed by atoms with Crippen molar-refractivity contribution < 1.29 is 13.9 Å². The van der Waals surface area contributed by atoms with Gasteiger partial charge in [0.1, 0.15) is 5.82 Å². The van der Waals surface area contributed by atoms with Gasteiger partial charge in [0.15, 0.2) is 0 Å². The van der Waals surface area contributed by atoms with Gasteiger partial charge < -0.3 is 15.0 Å². The van der Waals surface area contributed by atoms with Gasteiger partial charge in [-0.05, 0) is 12.1 Å². The summed E-state index contributed by atoms with van der Waals surface area (Å²) in [5, 5.41) is 3.13. The molecule has 1 N–H and O–H groups in total. The Labute approximate surface area is 110 Å². The molecule has 18 heavy (non-hydrogen) atoms. The Morgan fingerprint density at radius 1 is 1.44 bits per heavy atom. The number of nitrogens with zero attached hydrogens (tertiary/aromatic N) is 1. The lowest BCUT2D eigenvalue weighted by molar-refractivity contribution is 0.0865. The van der Waals surface area contributed by atoms with Crippen molar-refractivity contribution in [2.75, 3.05) is 26.2 Å². The fourth-order valence-corrected chi connectivity index (χ4v) is 1.94. The Bertz CT molecular complexity index is 424. The third-order valence-electron chi connectivity index (χ3n) is 2.69. The minimum Gasteiger partial charge on any atom is -0.425 e. The van der Waals surface area contributed by atoms with Gasteiger partial charge in [-0.2, -0.15) is 0 Å². The molecule has 1 aliphatic heterocycles. The largest absolute Gasteiger partial charge is 0.425 e. The van der Waals surface area contributed by atoms with Crippen molar-refractivity contribution in [3.63, 3.8) is 0 Å². The second-order valence-electron chi connectivity index (χ2n) is 3.99. The van der Waals surface area contributed by atoms with Crippen LogP contribution in [0, 0.1) is 5.82 Å². The average Bonchev–Trinajstić information content (AvgIpc) is 2.39. The van der Waals surface area contributed by atoms with Crippen molar-refractivity contribution in [1.82, 2.24) is 10.2 Å². The van der Waals surface area contributed by atoms with E-state index in [2.05, 4.69) is 5.32 Å². The highest BCUT2D eigenvalue weighted by Gasteiger charge is 2.21. The fraction of sp³-hybridized carbons (Fsp3) is 0.417. The van der Waals surface area contributed by atoms with Crippen molar-refractivity contribution in [2.24, 2.45) is 0 Å². The van der Waals surface area contributed by atoms with Crippen LogP contribution in [0.5, 0.6) is 0 Å². The molecule has 2 rings (SSSR count). The van der Waals surface area contributed by atoms with Crippen molar-refractivity contribution in [1.29, 1.82) is 0 Å². The van der Waals surface area contributed by atoms with Crippen LogP contribution in [0.2, 0.25) is 0 Å². The summed E-state index contributed by atoms with van der Waals surface area (Å²) in [7, 11) is 0. The molecule has 6 heteroatoms. The van der Waals surface area contributed by atoms with E-state index in [0.29, 0.717) is 18.7 Å². The number of rotatable bonds is 2. The SMILES string of the molecule is O=C(OC(Cl)c1cccc(F)c1)N1CCNCC1. The molecule has 98 valence electrons. The lowest BCUT2D eigenvalue weighted by atomic mass is 10.2. The number of benzene rings is 1. The number of halogens is 2. The standard InChI is InChI=1S/C12H14ClFN2O2/c13-11(9-2-1-3-10(14)8-9)18-12(17)16-6-4-15-5-7-16/h1-3,8,11,15H,4-7H2. The Kier molecular flexibility index (Phi) is 4.38. The monoisotopic (exact) mass is 272 g/mol. The van der Waals surface area contributed by atoms with Crippen LogP contribution in [0.1, 0.15) is 11.1 Å². The highest BCUT2D eigenvalue weighted by Crippen LogP contribution is 2.23. The van der Waals surface area contributed by atoms with Crippen LogP contribution in [0.25, 0.3) is 0 Å². The van der Waals surface area contributed by atoms with Crippen molar-refractivity contribution in [2.45, 2.75) is 5.56 Å². The molecule has 0 saturated carbocycles. The van der Waals surface area contributed by atoms with Crippen LogP contribution >= 0.6 is 11.6 Å². The Morgan fingerprint density at radius 2 is 2.17 bits per heavy atom. The molecule has 0 spiro atoms. The molecule has 0 aliphatic carbocycles. The van der Waals surface area contributed by atoms with Gasteiger partial charge in [-0.15, -0.1) is 0 Å². The zero-order valence-electron chi connectivity index (χ0n) is 9.73. The van der Waals surface area contributed by atoms with Crippen LogP contribution in [0.3, 0.4) is 0 Å². The van der Waals surface area contributed by atoms with E-state index in [1.54, 1.807) is 11.0 Å². The van der Waals surface area contributed by atoms with Gasteiger partial charge in [0.25, 0.3) is 0 Å². The van der Waals surface area contributed by atoms with Gasteiger partial charge in [0, 0.05) is 31.7 Å². The molecule has 1 aromatic rings. The molecule has 1 unspecified atom stereocenters. The summed E-state index contributed by atoms with van der Waals surface area (Å²) in [6, 6.07) is 5.71. The van der Waals surface area contributed by atoms with E-state index in [1.165, 1.54) is 18.2 Å². The molecule has 1 fully saturated rings. The van der Waals surface area contributed by atoms with Gasteiger partial charge in [0.05, 0.1) is 0 Å². The number of hydrogen-bond acceptors (Lipinski definition) is 3. The third-order valence-corrected chi connectivity index (χ3v) is 3.03. The van der Waals surface area contributed by atoms with Crippen LogP contribution < -0.4 is 5.32 Å². The van der Waals surface area contributed by atoms with Gasteiger partial charge in [-0.25, -0.2) is 9.18 Å². The highest BCUT2D eigenvalue weighted by molar-refractivity contribution is 6.20. The minimum atomic E-state index is -0.969. The number of carbonyl (C=O) groups is 1. The maximum Gasteiger partial charge on any atom is 0.411 e. The first-order valence-corrected chi connectivity index (χ1v) is 6.16. The van der Waals surface area contributed by atoms with Crippen LogP contribution in [-0.4, -0.2) is 37.2 Å². The van der Waals surface area contributed by atoms with E-state index in [0.717, 1.165) is 13.1 Å². The van der Waals surface area contributed by atoms with Gasteiger partial charge in [-0.1, -0.05) is 23.7 Å². The summed E-state index contributed by atoms with van der Waals surface area (Å²) in [5.41, 5.74) is -0.539. The van der Waals surface area contributed by atoms with Crippen LogP contribution in [-0.2, 0) is 4.74 Å². The molecular weight excluding hydrogens is 259 g/mol. The molecule has 1 atom stereocenters. The van der Waals surface area contributed by atoms with Crippen molar-refractivity contribution in [3.05, 3.63) is 35.6 Å². The second-order valence-corrected chi connectivity index (χ2v) is 4.39. The molecule has 1 aliphatic rings. The lowest BCUT2D eigenvalue weighted by Crippen LogP contribution is -2.46. The number of nitrogens with one attached hydrogen (secondary N) is 1. The van der Waals surface area contributed by atoms with Crippen molar-refractivity contribution in [3.8, 4) is 0 Å². The van der Waals surface area contributed by atoms with E-state index in [4.69, 9.17) is 16.3 Å². The zero-order chi connectivity index (χ0) is 13.0. The van der Waals surface area contributed by atoms with E-state index < -0.39 is 17.5 Å². The lowest BCUT2D eigenvalue weighted by Gasteiger charge is -2.27. The topological polar surface area (TPSA) is 41.6 Å². The summed E-state index contributed by atoms with van der Waals surface area (Å²) in [5.74, 6) is -0.406. The number of piperazine rings is 1. The normalized spacial score (nSPS) is 17.3. The van der Waals surface area contributed by atoms with E-state index in [-0.39, 0.29) is 0 Å². The molecule has 1 aromatic carbocycles. The fourth-order valence-electron chi connectivity index (χ4n) is 1.73. The predicted octanol–water partition coefficient (Wildman–Crippen LogP) is 2.10. The van der Waals surface area contributed by atoms with Gasteiger partial charge >= 0.3 is 6.09 Å². The summed E-state index contributed by atoms with van der Waals surface area (Å²) in [6.07, 6.45) is -0.472. The first-order chi connectivity index (χ1) is 8.66. The van der Waals surface area contributed by atoms with Crippen LogP contribution in [0.15, 0.2) is 24.3 Å². The molecule has 1 amide bonds. The van der Waals surface area contributed by atoms with E-state index in [1.807, 2.05) is 0 Å². The maximum atomic E-state index is 13.0. The summed E-state index contributed by atoms with van der Waals surface area (Å²) in [4.78, 5) is 13.3. The molecule has 0 radical (unpaired) electrons. The summed E-state index contributed by atoms with van der Waals surface area (Å²) in [6.45, 7) is 2.65. The Balaban J connectivity index is 1.94. The molecule has 1 heterocycles. The van der Waals surface area contributed by atoms with Gasteiger partial charge in [0.2, 0.25) is 5.56 Å². The minimum absolute atomic E-state index is 0.406. The van der Waals surface area contributed by atoms with E-state index in [9.17, 15) is 9.18 Å². The Morgan fingerprint density at radius 3 is 2.83 bits per heavy atom. The quantitative estimate of drug-likeness (QED) is 0.839. The zero-order valence-corrected chi connectivity index (χ0v) is 10.5. The average molecular weight is 273 g/mol. The summed E-state index contributed by atoms with van der Waals surface area (Å²) < 4.78 is 18.1. The first kappa shape index (κ1) is 13.1. The van der Waals surface area contributed by atoms with Crippen molar-refractivity contribution >= 4 is 17.7 Å². The predicted molar refractivity (Wildman–Crippen MR) is 65.9 cm³/mol. The van der Waals surface area contributed by atoms with Crippen LogP contribution in [0.4, 0.5) is 9.18 Å². The Hall–Kier alpha value is -1.33. The van der Waals surface area contributed by atoms with E-state index >= 15 is 0 Å². The third kappa shape index (κ3) is 3.34. The molecule has 0 bridgehead atoms. The first-order valence-electron chi connectivity index (χ1n) is 5.72. The molecule has 4 nitrogen and oxygen atoms in total. The molecular formula is C12H14ClFN2O2. The second kappa shape index (κ2) is 6.02. The number of ether oxygens (including phenoxy) is 1. The van der Waals surface area contributed by atoms with Gasteiger partial charge in [-0.3, -0.25) is 0 Å². The number of amides is 1. The maximum absolute atomic E-state index is 13.0. The molecule has 0 aromatic heterocycles. The molecule has 1 saturated heterocycles. The number of hydrogen-bond donors (Lipinski definition) is 1. The summed E-state index contributed by atoms with van der Waals surface area (Å²) >= 11 is 5.94. The number of carbonyl (C=O) groups excluding carboxylic acids is 1. The highest BCUT2D eigenvalue weighted by atomic mass is 35.5. The smallest absolute Gasteiger partial charge is 0.411 e. The number of alkyl halides is 1.